The molecule has 0 fully saturated rings. The van der Waals surface area contributed by atoms with Crippen molar-refractivity contribution in [2.75, 3.05) is 0 Å². The fraction of sp³-hybridized carbons (Fsp3) is 0.179. The highest BCUT2D eigenvalue weighted by Gasteiger charge is 2.35. The van der Waals surface area contributed by atoms with E-state index in [0.29, 0.717) is 13.1 Å². The van der Waals surface area contributed by atoms with Gasteiger partial charge < -0.3 is 20.4 Å². The van der Waals surface area contributed by atoms with Gasteiger partial charge in [-0.1, -0.05) is 48.5 Å². The van der Waals surface area contributed by atoms with E-state index in [2.05, 4.69) is 16.4 Å². The van der Waals surface area contributed by atoms with Gasteiger partial charge in [0.05, 0.1) is 0 Å². The van der Waals surface area contributed by atoms with Gasteiger partial charge in [0.2, 0.25) is 0 Å². The molecule has 3 N–H and O–H groups in total. The molecule has 2 atom stereocenters. The molecule has 1 aliphatic heterocycles. The number of carbonyl (C=O) groups excluding carboxylic acids is 2. The smallest absolute Gasteiger partial charge is 0.255 e. The third-order valence-electron chi connectivity index (χ3n) is 6.31. The van der Waals surface area contributed by atoms with Crippen LogP contribution in [0.15, 0.2) is 84.5 Å². The SMILES string of the molecule is O=C(NCc1ccc(-c2sccc2-c2ccncc2)cc1)C(O)C(O)C(=O)N1Cc2ccccc2C1. The van der Waals surface area contributed by atoms with E-state index < -0.39 is 24.0 Å². The van der Waals surface area contributed by atoms with E-state index in [1.165, 1.54) is 4.90 Å². The molecule has 36 heavy (non-hydrogen) atoms. The van der Waals surface area contributed by atoms with E-state index in [1.807, 2.05) is 66.0 Å². The first-order chi connectivity index (χ1) is 17.5. The van der Waals surface area contributed by atoms with Gasteiger partial charge in [-0.05, 0) is 51.4 Å². The third kappa shape index (κ3) is 4.92. The highest BCUT2D eigenvalue weighted by molar-refractivity contribution is 7.14. The van der Waals surface area contributed by atoms with Crippen molar-refractivity contribution in [3.63, 3.8) is 0 Å². The zero-order valence-corrected chi connectivity index (χ0v) is 20.2. The first-order valence-electron chi connectivity index (χ1n) is 11.6. The van der Waals surface area contributed by atoms with Crippen LogP contribution in [0.4, 0.5) is 0 Å². The number of carbonyl (C=O) groups is 2. The van der Waals surface area contributed by atoms with Crippen LogP contribution in [-0.2, 0) is 29.2 Å². The third-order valence-corrected chi connectivity index (χ3v) is 7.28. The summed E-state index contributed by atoms with van der Waals surface area (Å²) in [6.07, 6.45) is -0.140. The molecule has 2 amide bonds. The van der Waals surface area contributed by atoms with Crippen molar-refractivity contribution in [3.8, 4) is 21.6 Å². The Labute approximate surface area is 212 Å². The van der Waals surface area contributed by atoms with Crippen molar-refractivity contribution in [3.05, 3.63) is 101 Å². The number of nitrogens with one attached hydrogen (secondary N) is 1. The number of thiophene rings is 1. The molecule has 2 aromatic heterocycles. The Bertz CT molecular complexity index is 1350. The molecule has 4 aromatic rings. The molecule has 2 unspecified atom stereocenters. The highest BCUT2D eigenvalue weighted by Crippen LogP contribution is 2.36. The van der Waals surface area contributed by atoms with Crippen LogP contribution in [0.5, 0.6) is 0 Å². The van der Waals surface area contributed by atoms with Gasteiger partial charge in [0, 0.05) is 42.5 Å². The Balaban J connectivity index is 1.17. The molecular formula is C28H25N3O4S. The molecule has 0 bridgehead atoms. The van der Waals surface area contributed by atoms with Gasteiger partial charge in [0.1, 0.15) is 0 Å². The van der Waals surface area contributed by atoms with Crippen LogP contribution in [0.25, 0.3) is 21.6 Å². The van der Waals surface area contributed by atoms with Crippen molar-refractivity contribution < 1.29 is 19.8 Å². The number of benzene rings is 2. The van der Waals surface area contributed by atoms with E-state index in [9.17, 15) is 19.8 Å². The molecule has 8 heteroatoms. The lowest BCUT2D eigenvalue weighted by Crippen LogP contribution is -2.49. The van der Waals surface area contributed by atoms with Crippen molar-refractivity contribution in [2.24, 2.45) is 0 Å². The van der Waals surface area contributed by atoms with E-state index in [1.54, 1.807) is 23.7 Å². The first-order valence-corrected chi connectivity index (χ1v) is 12.5. The number of pyridine rings is 1. The first kappa shape index (κ1) is 23.9. The monoisotopic (exact) mass is 499 g/mol. The topological polar surface area (TPSA) is 103 Å². The largest absolute Gasteiger partial charge is 0.380 e. The predicted octanol–water partition coefficient (Wildman–Crippen LogP) is 3.36. The molecule has 1 aliphatic rings. The number of aliphatic hydroxyl groups is 2. The molecule has 0 saturated carbocycles. The highest BCUT2D eigenvalue weighted by atomic mass is 32.1. The summed E-state index contributed by atoms with van der Waals surface area (Å²) in [5, 5.41) is 25.3. The summed E-state index contributed by atoms with van der Waals surface area (Å²) >= 11 is 1.65. The van der Waals surface area contributed by atoms with Crippen LogP contribution in [0.3, 0.4) is 0 Å². The maximum Gasteiger partial charge on any atom is 0.255 e. The van der Waals surface area contributed by atoms with Crippen molar-refractivity contribution in [1.82, 2.24) is 15.2 Å². The van der Waals surface area contributed by atoms with Crippen LogP contribution in [0.1, 0.15) is 16.7 Å². The number of aromatic nitrogens is 1. The zero-order chi connectivity index (χ0) is 25.1. The van der Waals surface area contributed by atoms with Gasteiger partial charge in [-0.15, -0.1) is 11.3 Å². The molecule has 5 rings (SSSR count). The number of aliphatic hydroxyl groups excluding tert-OH is 2. The Morgan fingerprint density at radius 2 is 1.56 bits per heavy atom. The Morgan fingerprint density at radius 3 is 2.22 bits per heavy atom. The van der Waals surface area contributed by atoms with E-state index in [0.717, 1.165) is 38.3 Å². The van der Waals surface area contributed by atoms with Gasteiger partial charge in [-0.3, -0.25) is 14.6 Å². The minimum atomic E-state index is -1.85. The lowest BCUT2D eigenvalue weighted by molar-refractivity contribution is -0.153. The second-order valence-electron chi connectivity index (χ2n) is 8.67. The number of amides is 2. The number of hydrogen-bond donors (Lipinski definition) is 3. The van der Waals surface area contributed by atoms with Crippen LogP contribution in [0, 0.1) is 0 Å². The van der Waals surface area contributed by atoms with Gasteiger partial charge >= 0.3 is 0 Å². The molecule has 182 valence electrons. The normalized spacial score (nSPS) is 14.2. The second-order valence-corrected chi connectivity index (χ2v) is 9.58. The Hall–Kier alpha value is -3.85. The number of nitrogens with zero attached hydrogens (tertiary/aromatic N) is 2. The maximum absolute atomic E-state index is 12.6. The summed E-state index contributed by atoms with van der Waals surface area (Å²) in [5.41, 5.74) is 6.10. The van der Waals surface area contributed by atoms with Gasteiger partial charge in [0.15, 0.2) is 12.2 Å². The molecule has 0 aliphatic carbocycles. The number of rotatable bonds is 7. The standard InChI is InChI=1S/C28H25N3O4S/c32-24(25(33)28(35)31-16-21-3-1-2-4-22(21)17-31)27(34)30-15-18-5-7-20(8-6-18)26-23(11-14-36-26)19-9-12-29-13-10-19/h1-14,24-25,32-33H,15-17H2,(H,30,34). The summed E-state index contributed by atoms with van der Waals surface area (Å²) in [4.78, 5) is 31.8. The summed E-state index contributed by atoms with van der Waals surface area (Å²) in [6, 6.07) is 21.4. The summed E-state index contributed by atoms with van der Waals surface area (Å²) in [6.45, 7) is 0.855. The lowest BCUT2D eigenvalue weighted by Gasteiger charge is -2.22. The summed E-state index contributed by atoms with van der Waals surface area (Å²) < 4.78 is 0. The molecule has 0 spiro atoms. The van der Waals surface area contributed by atoms with E-state index in [4.69, 9.17) is 0 Å². The Morgan fingerprint density at radius 1 is 0.889 bits per heavy atom. The maximum atomic E-state index is 12.6. The molecular weight excluding hydrogens is 474 g/mol. The second kappa shape index (κ2) is 10.4. The average Bonchev–Trinajstić information content (AvgIpc) is 3.59. The zero-order valence-electron chi connectivity index (χ0n) is 19.4. The van der Waals surface area contributed by atoms with Gasteiger partial charge in [-0.2, -0.15) is 0 Å². The van der Waals surface area contributed by atoms with Crippen molar-refractivity contribution >= 4 is 23.2 Å². The van der Waals surface area contributed by atoms with Crippen LogP contribution in [0.2, 0.25) is 0 Å². The van der Waals surface area contributed by atoms with Gasteiger partial charge in [0.25, 0.3) is 11.8 Å². The van der Waals surface area contributed by atoms with Gasteiger partial charge in [-0.25, -0.2) is 0 Å². The van der Waals surface area contributed by atoms with E-state index >= 15 is 0 Å². The van der Waals surface area contributed by atoms with Crippen LogP contribution >= 0.6 is 11.3 Å². The fourth-order valence-electron chi connectivity index (χ4n) is 4.31. The van der Waals surface area contributed by atoms with Crippen molar-refractivity contribution in [2.45, 2.75) is 31.8 Å². The van der Waals surface area contributed by atoms with E-state index in [-0.39, 0.29) is 6.54 Å². The number of hydrogen-bond acceptors (Lipinski definition) is 6. The molecule has 3 heterocycles. The predicted molar refractivity (Wildman–Crippen MR) is 138 cm³/mol. The minimum Gasteiger partial charge on any atom is -0.380 e. The van der Waals surface area contributed by atoms with Crippen molar-refractivity contribution in [1.29, 1.82) is 0 Å². The fourth-order valence-corrected chi connectivity index (χ4v) is 5.24. The van der Waals surface area contributed by atoms with Crippen LogP contribution in [-0.4, -0.2) is 44.1 Å². The molecule has 0 radical (unpaired) electrons. The minimum absolute atomic E-state index is 0.161. The average molecular weight is 500 g/mol. The summed E-state index contributed by atoms with van der Waals surface area (Å²) in [7, 11) is 0. The summed E-state index contributed by atoms with van der Waals surface area (Å²) in [5.74, 6) is -1.46. The molecule has 7 nitrogen and oxygen atoms in total. The molecule has 2 aromatic carbocycles. The van der Waals surface area contributed by atoms with Crippen LogP contribution < -0.4 is 5.32 Å². The molecule has 0 saturated heterocycles. The lowest BCUT2D eigenvalue weighted by atomic mass is 10.0. The number of fused-ring (bicyclic) bond motifs is 1. The quantitative estimate of drug-likeness (QED) is 0.362. The Kier molecular flexibility index (Phi) is 6.90.